The minimum absolute atomic E-state index is 0.0185. The van der Waals surface area contributed by atoms with Gasteiger partial charge >= 0.3 is 5.97 Å². The summed E-state index contributed by atoms with van der Waals surface area (Å²) >= 11 is 6.04. The van der Waals surface area contributed by atoms with Crippen LogP contribution in [0.5, 0.6) is 0 Å². The summed E-state index contributed by atoms with van der Waals surface area (Å²) in [6.45, 7) is 1.45. The van der Waals surface area contributed by atoms with Crippen molar-refractivity contribution in [3.8, 4) is 0 Å². The molecule has 0 radical (unpaired) electrons. The lowest BCUT2D eigenvalue weighted by Gasteiger charge is -2.15. The minimum atomic E-state index is -0.204. The van der Waals surface area contributed by atoms with E-state index in [1.54, 1.807) is 0 Å². The van der Waals surface area contributed by atoms with E-state index < -0.39 is 0 Å². The van der Waals surface area contributed by atoms with Crippen LogP contribution in [0.1, 0.15) is 13.3 Å². The van der Waals surface area contributed by atoms with E-state index in [-0.39, 0.29) is 23.4 Å². The van der Waals surface area contributed by atoms with Crippen LogP contribution in [0.15, 0.2) is 12.2 Å². The van der Waals surface area contributed by atoms with Crippen molar-refractivity contribution in [2.24, 2.45) is 11.8 Å². The van der Waals surface area contributed by atoms with Crippen molar-refractivity contribution >= 4 is 17.6 Å². The first-order chi connectivity index (χ1) is 5.68. The van der Waals surface area contributed by atoms with Crippen molar-refractivity contribution in [3.05, 3.63) is 12.2 Å². The molecule has 3 heteroatoms. The fourth-order valence-corrected chi connectivity index (χ4v) is 2.52. The number of rotatable bonds is 1. The number of fused-ring (bicyclic) bond motifs is 2. The molecule has 2 rings (SSSR count). The summed E-state index contributed by atoms with van der Waals surface area (Å²) in [5.74, 6) is 0.409. The van der Waals surface area contributed by atoms with E-state index in [0.717, 1.165) is 6.42 Å². The Morgan fingerprint density at radius 3 is 2.75 bits per heavy atom. The summed E-state index contributed by atoms with van der Waals surface area (Å²) in [5, 5.41) is 0.157. The predicted molar refractivity (Wildman–Crippen MR) is 45.9 cm³/mol. The number of halogens is 1. The van der Waals surface area contributed by atoms with Crippen molar-refractivity contribution in [1.29, 1.82) is 0 Å². The van der Waals surface area contributed by atoms with Crippen LogP contribution in [0.25, 0.3) is 0 Å². The maximum absolute atomic E-state index is 10.7. The zero-order valence-electron chi connectivity index (χ0n) is 6.87. The van der Waals surface area contributed by atoms with Crippen molar-refractivity contribution in [3.63, 3.8) is 0 Å². The molecule has 1 fully saturated rings. The molecular weight excluding hydrogens is 176 g/mol. The van der Waals surface area contributed by atoms with Crippen molar-refractivity contribution < 1.29 is 9.53 Å². The van der Waals surface area contributed by atoms with E-state index >= 15 is 0 Å². The van der Waals surface area contributed by atoms with Crippen LogP contribution in [0.4, 0.5) is 0 Å². The lowest BCUT2D eigenvalue weighted by atomic mass is 10.1. The van der Waals surface area contributed by atoms with Crippen molar-refractivity contribution in [2.45, 2.75) is 24.8 Å². The number of ether oxygens (including phenoxy) is 1. The quantitative estimate of drug-likeness (QED) is 0.354. The zero-order valence-corrected chi connectivity index (χ0v) is 7.62. The van der Waals surface area contributed by atoms with Crippen molar-refractivity contribution in [1.82, 2.24) is 0 Å². The fraction of sp³-hybridized carbons (Fsp3) is 0.667. The van der Waals surface area contributed by atoms with Crippen molar-refractivity contribution in [2.75, 3.05) is 0 Å². The Balaban J connectivity index is 2.07. The van der Waals surface area contributed by atoms with Gasteiger partial charge in [0.2, 0.25) is 0 Å². The molecule has 12 heavy (non-hydrogen) atoms. The summed E-state index contributed by atoms with van der Waals surface area (Å²) < 4.78 is 5.18. The SMILES string of the molecule is CC(=O)O[C@H]1[C@@H]2C=C[C@H]1C[C@@H]2Cl. The van der Waals surface area contributed by atoms with Gasteiger partial charge in [-0.05, 0) is 6.42 Å². The molecule has 0 heterocycles. The normalized spacial score (nSPS) is 43.5. The van der Waals surface area contributed by atoms with E-state index in [2.05, 4.69) is 12.2 Å². The van der Waals surface area contributed by atoms with Gasteiger partial charge in [-0.15, -0.1) is 11.6 Å². The summed E-state index contributed by atoms with van der Waals surface area (Å²) in [4.78, 5) is 10.7. The Morgan fingerprint density at radius 2 is 2.33 bits per heavy atom. The Morgan fingerprint density at radius 1 is 1.58 bits per heavy atom. The molecule has 0 aromatic rings. The lowest BCUT2D eigenvalue weighted by Crippen LogP contribution is -2.23. The molecule has 0 unspecified atom stereocenters. The summed E-state index contributed by atoms with van der Waals surface area (Å²) in [6, 6.07) is 0. The monoisotopic (exact) mass is 186 g/mol. The van der Waals surface area contributed by atoms with Crippen LogP contribution in [-0.4, -0.2) is 17.5 Å². The lowest BCUT2D eigenvalue weighted by molar-refractivity contribution is -0.148. The van der Waals surface area contributed by atoms with Crippen LogP contribution in [-0.2, 0) is 9.53 Å². The third-order valence-electron chi connectivity index (χ3n) is 2.60. The topological polar surface area (TPSA) is 26.3 Å². The molecule has 4 atom stereocenters. The summed E-state index contributed by atoms with van der Waals surface area (Å²) in [5.41, 5.74) is 0. The molecule has 0 aliphatic heterocycles. The second kappa shape index (κ2) is 2.77. The highest BCUT2D eigenvalue weighted by Crippen LogP contribution is 2.44. The van der Waals surface area contributed by atoms with Gasteiger partial charge in [-0.2, -0.15) is 0 Å². The second-order valence-corrected chi connectivity index (χ2v) is 4.01. The molecule has 0 aromatic heterocycles. The second-order valence-electron chi connectivity index (χ2n) is 3.45. The molecule has 1 saturated carbocycles. The Bertz CT molecular complexity index is 237. The van der Waals surface area contributed by atoms with E-state index in [9.17, 15) is 4.79 Å². The number of esters is 1. The molecular formula is C9H11ClO2. The van der Waals surface area contributed by atoms with Gasteiger partial charge in [0.15, 0.2) is 0 Å². The maximum Gasteiger partial charge on any atom is 0.302 e. The smallest absolute Gasteiger partial charge is 0.302 e. The fourth-order valence-electron chi connectivity index (χ4n) is 2.09. The molecule has 0 aromatic carbocycles. The van der Waals surface area contributed by atoms with Gasteiger partial charge in [0.1, 0.15) is 6.10 Å². The van der Waals surface area contributed by atoms with Gasteiger partial charge in [-0.25, -0.2) is 0 Å². The molecule has 66 valence electrons. The molecule has 2 aliphatic rings. The molecule has 0 saturated heterocycles. The molecule has 0 amide bonds. The van der Waals surface area contributed by atoms with E-state index in [1.807, 2.05) is 0 Å². The molecule has 2 aliphatic carbocycles. The first-order valence-corrected chi connectivity index (χ1v) is 4.62. The van der Waals surface area contributed by atoms with Gasteiger partial charge in [0.25, 0.3) is 0 Å². The van der Waals surface area contributed by atoms with Crippen LogP contribution in [0, 0.1) is 11.8 Å². The van der Waals surface area contributed by atoms with Gasteiger partial charge in [0.05, 0.1) is 0 Å². The Labute approximate surface area is 76.5 Å². The Hall–Kier alpha value is -0.500. The van der Waals surface area contributed by atoms with E-state index in [4.69, 9.17) is 16.3 Å². The first kappa shape index (κ1) is 8.11. The average Bonchev–Trinajstić information content (AvgIpc) is 2.44. The third kappa shape index (κ3) is 1.14. The summed E-state index contributed by atoms with van der Waals surface area (Å²) in [7, 11) is 0. The van der Waals surface area contributed by atoms with Gasteiger partial charge in [-0.3, -0.25) is 4.79 Å². The van der Waals surface area contributed by atoms with Gasteiger partial charge in [-0.1, -0.05) is 12.2 Å². The summed E-state index contributed by atoms with van der Waals surface area (Å²) in [6.07, 6.45) is 5.14. The number of hydrogen-bond acceptors (Lipinski definition) is 2. The highest BCUT2D eigenvalue weighted by molar-refractivity contribution is 6.21. The zero-order chi connectivity index (χ0) is 8.72. The van der Waals surface area contributed by atoms with Crippen LogP contribution in [0.2, 0.25) is 0 Å². The highest BCUT2D eigenvalue weighted by atomic mass is 35.5. The first-order valence-electron chi connectivity index (χ1n) is 4.18. The van der Waals surface area contributed by atoms with Crippen LogP contribution < -0.4 is 0 Å². The number of carbonyl (C=O) groups is 1. The molecule has 2 nitrogen and oxygen atoms in total. The van der Waals surface area contributed by atoms with Crippen LogP contribution >= 0.6 is 11.6 Å². The Kier molecular flexibility index (Phi) is 1.87. The third-order valence-corrected chi connectivity index (χ3v) is 3.07. The predicted octanol–water partition coefficient (Wildman–Crippen LogP) is 1.73. The molecule has 0 N–H and O–H groups in total. The maximum atomic E-state index is 10.7. The number of hydrogen-bond donors (Lipinski definition) is 0. The molecule has 2 bridgehead atoms. The number of carbonyl (C=O) groups excluding carboxylic acids is 1. The standard InChI is InChI=1S/C9H11ClO2/c1-5(11)12-9-6-2-3-7(9)8(10)4-6/h2-3,6-9H,4H2,1H3/t6-,7+,8-,9+/m0/s1. The minimum Gasteiger partial charge on any atom is -0.461 e. The van der Waals surface area contributed by atoms with E-state index in [1.165, 1.54) is 6.92 Å². The average molecular weight is 187 g/mol. The van der Waals surface area contributed by atoms with E-state index in [0.29, 0.717) is 5.92 Å². The van der Waals surface area contributed by atoms with Gasteiger partial charge < -0.3 is 4.74 Å². The highest BCUT2D eigenvalue weighted by Gasteiger charge is 2.45. The molecule has 0 spiro atoms. The largest absolute Gasteiger partial charge is 0.461 e. The van der Waals surface area contributed by atoms with Crippen LogP contribution in [0.3, 0.4) is 0 Å². The number of alkyl halides is 1. The van der Waals surface area contributed by atoms with Gasteiger partial charge in [0, 0.05) is 24.1 Å².